The van der Waals surface area contributed by atoms with E-state index in [4.69, 9.17) is 9.47 Å². The minimum Gasteiger partial charge on any atom is -0.493 e. The maximum atomic E-state index is 12.5. The van der Waals surface area contributed by atoms with Gasteiger partial charge in [-0.05, 0) is 54.9 Å². The zero-order chi connectivity index (χ0) is 23.3. The number of fused-ring (bicyclic) bond motifs is 2. The highest BCUT2D eigenvalue weighted by molar-refractivity contribution is 6.17. The highest BCUT2D eigenvalue weighted by Crippen LogP contribution is 2.45. The van der Waals surface area contributed by atoms with E-state index in [1.807, 2.05) is 26.0 Å². The number of ketones is 1. The molecule has 5 nitrogen and oxygen atoms in total. The number of Topliss-reactive ketones (excluding diaryl/α,β-unsaturated/α-hetero) is 1. The number of aliphatic carboxylic acids is 1. The highest BCUT2D eigenvalue weighted by atomic mass is 16.5. The van der Waals surface area contributed by atoms with E-state index in [9.17, 15) is 14.7 Å². The van der Waals surface area contributed by atoms with E-state index in [0.717, 1.165) is 65.9 Å². The third-order valence-corrected chi connectivity index (χ3v) is 6.09. The summed E-state index contributed by atoms with van der Waals surface area (Å²) < 4.78 is 12.5. The molecule has 0 saturated carbocycles. The van der Waals surface area contributed by atoms with E-state index in [2.05, 4.69) is 13.5 Å². The number of rotatable bonds is 8. The molecule has 2 aliphatic rings. The second-order valence-corrected chi connectivity index (χ2v) is 8.86. The molecule has 0 amide bonds. The molecule has 172 valence electrons. The van der Waals surface area contributed by atoms with Crippen LogP contribution in [0.3, 0.4) is 0 Å². The van der Waals surface area contributed by atoms with Crippen molar-refractivity contribution < 1.29 is 24.2 Å². The molecule has 1 heterocycles. The van der Waals surface area contributed by atoms with Crippen molar-refractivity contribution in [2.45, 2.75) is 71.8 Å². The molecule has 1 aromatic rings. The number of hydrogen-bond donors (Lipinski definition) is 1. The summed E-state index contributed by atoms with van der Waals surface area (Å²) in [7, 11) is 0. The summed E-state index contributed by atoms with van der Waals surface area (Å²) >= 11 is 0. The molecule has 1 N–H and O–H groups in total. The Labute approximate surface area is 190 Å². The van der Waals surface area contributed by atoms with Crippen molar-refractivity contribution in [3.8, 4) is 11.5 Å². The van der Waals surface area contributed by atoms with Crippen LogP contribution in [0.4, 0.5) is 0 Å². The van der Waals surface area contributed by atoms with Gasteiger partial charge in [0.2, 0.25) is 0 Å². The predicted molar refractivity (Wildman–Crippen MR) is 127 cm³/mol. The molecule has 1 atom stereocenters. The average Bonchev–Trinajstić information content (AvgIpc) is 2.84. The minimum absolute atomic E-state index is 0.100. The van der Waals surface area contributed by atoms with Gasteiger partial charge in [-0.1, -0.05) is 46.3 Å². The van der Waals surface area contributed by atoms with Crippen LogP contribution >= 0.6 is 0 Å². The summed E-state index contributed by atoms with van der Waals surface area (Å²) in [5.74, 6) is 0.0981. The first-order valence-corrected chi connectivity index (χ1v) is 11.7. The zero-order valence-electron chi connectivity index (χ0n) is 19.4. The number of benzene rings is 1. The Hall–Kier alpha value is -2.82. The third kappa shape index (κ3) is 5.14. The van der Waals surface area contributed by atoms with E-state index < -0.39 is 5.97 Å². The fourth-order valence-electron chi connectivity index (χ4n) is 4.34. The van der Waals surface area contributed by atoms with Gasteiger partial charge in [0, 0.05) is 23.6 Å². The van der Waals surface area contributed by atoms with Crippen molar-refractivity contribution in [2.75, 3.05) is 6.61 Å². The smallest absolute Gasteiger partial charge is 0.339 e. The lowest BCUT2D eigenvalue weighted by Gasteiger charge is -2.33. The molecule has 0 aromatic heterocycles. The molecule has 5 heteroatoms. The Morgan fingerprint density at radius 3 is 2.69 bits per heavy atom. The molecule has 0 fully saturated rings. The minimum atomic E-state index is -1.18. The molecule has 1 aromatic carbocycles. The number of carboxylic acid groups (broad SMARTS) is 1. The second-order valence-electron chi connectivity index (χ2n) is 8.86. The lowest BCUT2D eigenvalue weighted by molar-refractivity contribution is -0.134. The number of unbranched alkanes of at least 4 members (excludes halogenated alkanes) is 2. The normalized spacial score (nSPS) is 18.6. The molecular formula is C27H34O5. The van der Waals surface area contributed by atoms with Gasteiger partial charge in [-0.3, -0.25) is 4.79 Å². The highest BCUT2D eigenvalue weighted by Gasteiger charge is 2.33. The Morgan fingerprint density at radius 2 is 2.03 bits per heavy atom. The SMILES string of the molecule is C=Cc1cc2c(cc1OCCCCC)OC(C(C)C)C1=C2CCCCC(=O)C(C(=O)O)=C1. The zero-order valence-corrected chi connectivity index (χ0v) is 19.4. The first-order chi connectivity index (χ1) is 15.4. The standard InChI is InChI=1S/C27H34O5/c1-5-7-10-13-31-24-16-25-20(14-18(24)6-2)19-11-8-9-12-23(28)22(27(29)30)15-21(19)26(32-25)17(3)4/h6,14-17,26H,2,5,7-13H2,1,3-4H3,(H,29,30). The van der Waals surface area contributed by atoms with Crippen molar-refractivity contribution in [2.24, 2.45) is 5.92 Å². The van der Waals surface area contributed by atoms with Crippen LogP contribution in [0, 0.1) is 5.92 Å². The molecule has 1 aliphatic carbocycles. The van der Waals surface area contributed by atoms with E-state index in [1.165, 1.54) is 0 Å². The summed E-state index contributed by atoms with van der Waals surface area (Å²) in [5.41, 5.74) is 3.52. The van der Waals surface area contributed by atoms with E-state index in [0.29, 0.717) is 13.0 Å². The number of ether oxygens (including phenoxy) is 2. The molecule has 32 heavy (non-hydrogen) atoms. The Kier molecular flexibility index (Phi) is 7.94. The van der Waals surface area contributed by atoms with Gasteiger partial charge in [-0.2, -0.15) is 0 Å². The maximum absolute atomic E-state index is 12.5. The van der Waals surface area contributed by atoms with E-state index in [1.54, 1.807) is 12.2 Å². The Bertz CT molecular complexity index is 951. The molecule has 0 radical (unpaired) electrons. The van der Waals surface area contributed by atoms with Crippen molar-refractivity contribution in [3.05, 3.63) is 47.1 Å². The lowest BCUT2D eigenvalue weighted by Crippen LogP contribution is -2.30. The quantitative estimate of drug-likeness (QED) is 0.385. The van der Waals surface area contributed by atoms with Gasteiger partial charge in [0.1, 0.15) is 23.2 Å². The van der Waals surface area contributed by atoms with Gasteiger partial charge in [-0.25, -0.2) is 4.79 Å². The number of hydrogen-bond acceptors (Lipinski definition) is 4. The van der Waals surface area contributed by atoms with Crippen LogP contribution in [0.25, 0.3) is 11.6 Å². The average molecular weight is 439 g/mol. The van der Waals surface area contributed by atoms with Gasteiger partial charge >= 0.3 is 5.97 Å². The summed E-state index contributed by atoms with van der Waals surface area (Å²) in [4.78, 5) is 24.4. The van der Waals surface area contributed by atoms with E-state index in [-0.39, 0.29) is 29.8 Å². The number of carboxylic acids is 1. The lowest BCUT2D eigenvalue weighted by atomic mass is 9.84. The molecule has 1 unspecified atom stereocenters. The second kappa shape index (κ2) is 10.7. The van der Waals surface area contributed by atoms with Crippen LogP contribution in [-0.4, -0.2) is 29.6 Å². The van der Waals surface area contributed by atoms with Crippen LogP contribution in [0.15, 0.2) is 35.9 Å². The molecule has 0 saturated heterocycles. The molecule has 1 aliphatic heterocycles. The van der Waals surface area contributed by atoms with Gasteiger partial charge in [0.25, 0.3) is 0 Å². The van der Waals surface area contributed by atoms with Crippen LogP contribution in [0.5, 0.6) is 11.5 Å². The molecule has 0 spiro atoms. The molecular weight excluding hydrogens is 404 g/mol. The fourth-order valence-corrected chi connectivity index (χ4v) is 4.34. The first kappa shape index (κ1) is 23.8. The Morgan fingerprint density at radius 1 is 1.28 bits per heavy atom. The summed E-state index contributed by atoms with van der Waals surface area (Å²) in [5, 5.41) is 9.68. The van der Waals surface area contributed by atoms with Gasteiger partial charge < -0.3 is 14.6 Å². The number of allylic oxidation sites excluding steroid dienone is 1. The van der Waals surface area contributed by atoms with Crippen LogP contribution in [0.2, 0.25) is 0 Å². The predicted octanol–water partition coefficient (Wildman–Crippen LogP) is 6.22. The molecule has 0 bridgehead atoms. The summed E-state index contributed by atoms with van der Waals surface area (Å²) in [6, 6.07) is 3.97. The topological polar surface area (TPSA) is 72.8 Å². The summed E-state index contributed by atoms with van der Waals surface area (Å²) in [6.45, 7) is 10.8. The summed E-state index contributed by atoms with van der Waals surface area (Å²) in [6.07, 6.45) is 8.74. The largest absolute Gasteiger partial charge is 0.493 e. The van der Waals surface area contributed by atoms with E-state index >= 15 is 0 Å². The fraction of sp³-hybridized carbons (Fsp3) is 0.481. The molecule has 3 rings (SSSR count). The van der Waals surface area contributed by atoms with Gasteiger partial charge in [0.05, 0.1) is 6.61 Å². The monoisotopic (exact) mass is 438 g/mol. The van der Waals surface area contributed by atoms with Crippen LogP contribution < -0.4 is 9.47 Å². The van der Waals surface area contributed by atoms with Crippen molar-refractivity contribution in [1.29, 1.82) is 0 Å². The Balaban J connectivity index is 2.14. The van der Waals surface area contributed by atoms with Crippen LogP contribution in [0.1, 0.15) is 76.8 Å². The van der Waals surface area contributed by atoms with Gasteiger partial charge in [-0.15, -0.1) is 0 Å². The van der Waals surface area contributed by atoms with Crippen molar-refractivity contribution in [3.63, 3.8) is 0 Å². The van der Waals surface area contributed by atoms with Crippen molar-refractivity contribution >= 4 is 23.4 Å². The maximum Gasteiger partial charge on any atom is 0.339 e. The van der Waals surface area contributed by atoms with Crippen LogP contribution in [-0.2, 0) is 9.59 Å². The number of carbonyl (C=O) groups is 2. The van der Waals surface area contributed by atoms with Crippen molar-refractivity contribution in [1.82, 2.24) is 0 Å². The third-order valence-electron chi connectivity index (χ3n) is 6.09. The number of carbonyl (C=O) groups excluding carboxylic acids is 1. The first-order valence-electron chi connectivity index (χ1n) is 11.7. The van der Waals surface area contributed by atoms with Gasteiger partial charge in [0.15, 0.2) is 5.78 Å².